The van der Waals surface area contributed by atoms with E-state index in [0.29, 0.717) is 0 Å². The number of nitrogens with two attached hydrogens (primary N) is 1. The Labute approximate surface area is 126 Å². The lowest BCUT2D eigenvalue weighted by atomic mass is 10.1. The van der Waals surface area contributed by atoms with Crippen molar-refractivity contribution in [3.63, 3.8) is 0 Å². The number of fused-ring (bicyclic) bond motifs is 1. The van der Waals surface area contributed by atoms with Crippen LogP contribution < -0.4 is 11.1 Å². The minimum Gasteiger partial charge on any atom is -0.398 e. The van der Waals surface area contributed by atoms with Gasteiger partial charge in [0.25, 0.3) is 0 Å². The average molecular weight is 284 g/mol. The summed E-state index contributed by atoms with van der Waals surface area (Å²) in [5, 5.41) is 5.72. The highest BCUT2D eigenvalue weighted by atomic mass is 15.1. The molecule has 2 aromatic rings. The molecule has 0 amide bonds. The molecule has 3 N–H and O–H groups in total. The first-order chi connectivity index (χ1) is 10.3. The summed E-state index contributed by atoms with van der Waals surface area (Å²) in [5.74, 6) is 0. The first kappa shape index (κ1) is 14.1. The molecule has 0 aliphatic carbocycles. The van der Waals surface area contributed by atoms with Crippen LogP contribution in [0.15, 0.2) is 30.6 Å². The van der Waals surface area contributed by atoms with Gasteiger partial charge in [-0.1, -0.05) is 12.8 Å². The number of benzene rings is 1. The van der Waals surface area contributed by atoms with Crippen molar-refractivity contribution in [3.8, 4) is 0 Å². The van der Waals surface area contributed by atoms with E-state index in [0.717, 1.165) is 35.2 Å². The molecule has 2 heterocycles. The Hall–Kier alpha value is -1.81. The Balaban J connectivity index is 1.64. The quantitative estimate of drug-likeness (QED) is 0.847. The minimum absolute atomic E-state index is 0.811. The molecule has 1 aromatic carbocycles. The molecule has 4 nitrogen and oxygen atoms in total. The van der Waals surface area contributed by atoms with Crippen LogP contribution in [0.3, 0.4) is 0 Å². The third kappa shape index (κ3) is 3.45. The highest BCUT2D eigenvalue weighted by molar-refractivity contribution is 6.00. The van der Waals surface area contributed by atoms with E-state index in [-0.39, 0.29) is 0 Å². The van der Waals surface area contributed by atoms with Gasteiger partial charge in [0.15, 0.2) is 0 Å². The van der Waals surface area contributed by atoms with E-state index in [1.807, 2.05) is 18.3 Å². The Morgan fingerprint density at radius 1 is 1.05 bits per heavy atom. The normalized spacial score (nSPS) is 16.8. The fourth-order valence-corrected chi connectivity index (χ4v) is 3.08. The Morgan fingerprint density at radius 3 is 2.67 bits per heavy atom. The zero-order chi connectivity index (χ0) is 14.5. The fraction of sp³-hybridized carbons (Fsp3) is 0.471. The lowest BCUT2D eigenvalue weighted by molar-refractivity contribution is 0.296. The summed E-state index contributed by atoms with van der Waals surface area (Å²) in [5.41, 5.74) is 7.96. The first-order valence-corrected chi connectivity index (χ1v) is 7.93. The van der Waals surface area contributed by atoms with Crippen molar-refractivity contribution in [2.75, 3.05) is 37.2 Å². The number of hydrogen-bond donors (Lipinski definition) is 2. The molecule has 1 fully saturated rings. The highest BCUT2D eigenvalue weighted by Crippen LogP contribution is 2.27. The van der Waals surface area contributed by atoms with Gasteiger partial charge in [-0.15, -0.1) is 0 Å². The van der Waals surface area contributed by atoms with E-state index in [1.165, 1.54) is 38.8 Å². The Kier molecular flexibility index (Phi) is 4.55. The summed E-state index contributed by atoms with van der Waals surface area (Å²) in [6, 6.07) is 6.00. The molecule has 0 atom stereocenters. The molecule has 1 aromatic heterocycles. The fourth-order valence-electron chi connectivity index (χ4n) is 3.08. The van der Waals surface area contributed by atoms with Crippen molar-refractivity contribution in [2.45, 2.75) is 25.7 Å². The van der Waals surface area contributed by atoms with Gasteiger partial charge < -0.3 is 16.0 Å². The minimum atomic E-state index is 0.811. The van der Waals surface area contributed by atoms with Gasteiger partial charge in [-0.2, -0.15) is 0 Å². The molecule has 0 unspecified atom stereocenters. The molecule has 0 radical (unpaired) electrons. The van der Waals surface area contributed by atoms with Crippen molar-refractivity contribution in [3.05, 3.63) is 30.6 Å². The van der Waals surface area contributed by atoms with Crippen LogP contribution in [0.2, 0.25) is 0 Å². The maximum atomic E-state index is 6.02. The zero-order valence-electron chi connectivity index (χ0n) is 12.5. The monoisotopic (exact) mass is 284 g/mol. The highest BCUT2D eigenvalue weighted by Gasteiger charge is 2.09. The number of hydrogen-bond acceptors (Lipinski definition) is 4. The molecule has 0 bridgehead atoms. The number of aromatic nitrogens is 1. The van der Waals surface area contributed by atoms with Crippen molar-refractivity contribution in [1.29, 1.82) is 0 Å². The number of likely N-dealkylation sites (tertiary alicyclic amines) is 1. The van der Waals surface area contributed by atoms with Crippen LogP contribution in [0.4, 0.5) is 11.4 Å². The van der Waals surface area contributed by atoms with Crippen LogP contribution in [0.5, 0.6) is 0 Å². The third-order valence-corrected chi connectivity index (χ3v) is 4.29. The average Bonchev–Trinajstić information content (AvgIpc) is 2.79. The van der Waals surface area contributed by atoms with Gasteiger partial charge in [0.1, 0.15) is 0 Å². The molecule has 1 aliphatic rings. The topological polar surface area (TPSA) is 54.2 Å². The predicted octanol–water partition coefficient (Wildman–Crippen LogP) is 3.10. The molecular weight excluding hydrogens is 260 g/mol. The summed E-state index contributed by atoms with van der Waals surface area (Å²) in [7, 11) is 0. The molecule has 0 saturated carbocycles. The summed E-state index contributed by atoms with van der Waals surface area (Å²) in [6.45, 7) is 4.55. The number of nitrogens with one attached hydrogen (secondary N) is 1. The number of nitrogen functional groups attached to an aromatic ring is 1. The lowest BCUT2D eigenvalue weighted by Gasteiger charge is -2.20. The number of nitrogens with zero attached hydrogens (tertiary/aromatic N) is 2. The SMILES string of the molecule is Nc1ccc(NCCN2CCCCCC2)c2cnccc12. The molecule has 21 heavy (non-hydrogen) atoms. The maximum absolute atomic E-state index is 6.02. The summed E-state index contributed by atoms with van der Waals surface area (Å²) < 4.78 is 0. The lowest BCUT2D eigenvalue weighted by Crippen LogP contribution is -2.30. The first-order valence-electron chi connectivity index (χ1n) is 7.93. The molecule has 1 aliphatic heterocycles. The van der Waals surface area contributed by atoms with Crippen LogP contribution in [-0.2, 0) is 0 Å². The van der Waals surface area contributed by atoms with Crippen LogP contribution in [0.1, 0.15) is 25.7 Å². The number of anilines is 2. The van der Waals surface area contributed by atoms with Crippen molar-refractivity contribution in [2.24, 2.45) is 0 Å². The van der Waals surface area contributed by atoms with E-state index >= 15 is 0 Å². The summed E-state index contributed by atoms with van der Waals surface area (Å²) >= 11 is 0. The second-order valence-corrected chi connectivity index (χ2v) is 5.81. The van der Waals surface area contributed by atoms with Crippen LogP contribution in [-0.4, -0.2) is 36.1 Å². The van der Waals surface area contributed by atoms with Gasteiger partial charge in [-0.05, 0) is 44.1 Å². The molecular formula is C17H24N4. The standard InChI is InChI=1S/C17H24N4/c18-16-5-6-17(15-13-19-8-7-14(15)16)20-9-12-21-10-3-1-2-4-11-21/h5-8,13,20H,1-4,9-12,18H2. The molecule has 3 rings (SSSR count). The van der Waals surface area contributed by atoms with Crippen LogP contribution in [0.25, 0.3) is 10.8 Å². The van der Waals surface area contributed by atoms with Gasteiger partial charge in [0.05, 0.1) is 0 Å². The summed E-state index contributed by atoms with van der Waals surface area (Å²) in [4.78, 5) is 6.79. The van der Waals surface area contributed by atoms with Crippen LogP contribution >= 0.6 is 0 Å². The predicted molar refractivity (Wildman–Crippen MR) is 89.6 cm³/mol. The molecule has 4 heteroatoms. The van der Waals surface area contributed by atoms with E-state index in [2.05, 4.69) is 21.3 Å². The Bertz CT molecular complexity index is 588. The zero-order valence-corrected chi connectivity index (χ0v) is 12.5. The second-order valence-electron chi connectivity index (χ2n) is 5.81. The number of rotatable bonds is 4. The Morgan fingerprint density at radius 2 is 1.86 bits per heavy atom. The van der Waals surface area contributed by atoms with Gasteiger partial charge in [-0.3, -0.25) is 4.98 Å². The number of pyridine rings is 1. The van der Waals surface area contributed by atoms with Gasteiger partial charge in [0.2, 0.25) is 0 Å². The molecule has 0 spiro atoms. The second kappa shape index (κ2) is 6.76. The van der Waals surface area contributed by atoms with E-state index < -0.39 is 0 Å². The van der Waals surface area contributed by atoms with Crippen LogP contribution in [0, 0.1) is 0 Å². The maximum Gasteiger partial charge on any atom is 0.0437 e. The smallest absolute Gasteiger partial charge is 0.0437 e. The van der Waals surface area contributed by atoms with E-state index in [1.54, 1.807) is 6.20 Å². The molecule has 1 saturated heterocycles. The largest absolute Gasteiger partial charge is 0.398 e. The molecule has 112 valence electrons. The van der Waals surface area contributed by atoms with Gasteiger partial charge in [-0.25, -0.2) is 0 Å². The van der Waals surface area contributed by atoms with Crippen molar-refractivity contribution < 1.29 is 0 Å². The van der Waals surface area contributed by atoms with E-state index in [9.17, 15) is 0 Å². The summed E-state index contributed by atoms with van der Waals surface area (Å²) in [6.07, 6.45) is 9.14. The third-order valence-electron chi connectivity index (χ3n) is 4.29. The van der Waals surface area contributed by atoms with E-state index in [4.69, 9.17) is 5.73 Å². The van der Waals surface area contributed by atoms with Gasteiger partial charge in [0, 0.05) is 47.6 Å². The van der Waals surface area contributed by atoms with Gasteiger partial charge >= 0.3 is 0 Å². The van der Waals surface area contributed by atoms with Crippen molar-refractivity contribution >= 4 is 22.1 Å². The van der Waals surface area contributed by atoms with Crippen molar-refractivity contribution in [1.82, 2.24) is 9.88 Å².